The molecule has 0 radical (unpaired) electrons. The van der Waals surface area contributed by atoms with Crippen molar-refractivity contribution in [1.82, 2.24) is 19.8 Å². The maximum Gasteiger partial charge on any atom is 0.282 e. The molecule has 1 saturated heterocycles. The van der Waals surface area contributed by atoms with Crippen LogP contribution in [-0.2, 0) is 13.6 Å². The van der Waals surface area contributed by atoms with Gasteiger partial charge in [-0.25, -0.2) is 13.8 Å². The molecule has 1 saturated carbocycles. The van der Waals surface area contributed by atoms with Gasteiger partial charge in [-0.05, 0) is 72.3 Å². The van der Waals surface area contributed by atoms with Crippen molar-refractivity contribution >= 4 is 29.2 Å². The van der Waals surface area contributed by atoms with Crippen LogP contribution in [-0.4, -0.2) is 51.8 Å². The van der Waals surface area contributed by atoms with E-state index in [2.05, 4.69) is 29.5 Å². The van der Waals surface area contributed by atoms with Crippen LogP contribution in [0.15, 0.2) is 47.4 Å². The first-order valence-electron chi connectivity index (χ1n) is 13.6. The Morgan fingerprint density at radius 1 is 1.12 bits per heavy atom. The first-order valence-corrected chi connectivity index (χ1v) is 14.0. The van der Waals surface area contributed by atoms with Gasteiger partial charge in [-0.3, -0.25) is 14.4 Å². The number of likely N-dealkylation sites (tertiary alicyclic amines) is 1. The van der Waals surface area contributed by atoms with Crippen LogP contribution in [0.4, 0.5) is 14.6 Å². The standard InChI is InChI=1S/C30H32ClF2N5O3/c1-17(2)12-34-13-18-8-24(28(40)37(3)14-18)27(39)36-26-10-20(9-25(35-26)19-4-5-19)22-7-6-21(31)11-23(22)29(41)38-15-30(32,33)16-38/h6-11,14,17,19,34H,4-5,12-13,15-16H2,1-3H3,(H,35,36,39). The van der Waals surface area contributed by atoms with Gasteiger partial charge < -0.3 is 20.1 Å². The molecule has 3 aromatic rings. The van der Waals surface area contributed by atoms with E-state index in [-0.39, 0.29) is 22.9 Å². The van der Waals surface area contributed by atoms with E-state index < -0.39 is 36.4 Å². The summed E-state index contributed by atoms with van der Waals surface area (Å²) in [7, 11) is 1.60. The van der Waals surface area contributed by atoms with Gasteiger partial charge in [-0.2, -0.15) is 0 Å². The van der Waals surface area contributed by atoms with Crippen molar-refractivity contribution in [2.24, 2.45) is 13.0 Å². The highest BCUT2D eigenvalue weighted by atomic mass is 35.5. The van der Waals surface area contributed by atoms with Gasteiger partial charge in [0.1, 0.15) is 11.4 Å². The molecule has 2 amide bonds. The zero-order valence-electron chi connectivity index (χ0n) is 23.1. The van der Waals surface area contributed by atoms with Crippen LogP contribution in [0.2, 0.25) is 5.02 Å². The van der Waals surface area contributed by atoms with E-state index in [1.807, 2.05) is 6.07 Å². The van der Waals surface area contributed by atoms with E-state index in [0.717, 1.165) is 35.5 Å². The summed E-state index contributed by atoms with van der Waals surface area (Å²) in [5.74, 6) is -3.17. The summed E-state index contributed by atoms with van der Waals surface area (Å²) in [5.41, 5.74) is 2.34. The van der Waals surface area contributed by atoms with Crippen LogP contribution in [0.1, 0.15) is 64.6 Å². The van der Waals surface area contributed by atoms with Gasteiger partial charge in [-0.1, -0.05) is 31.5 Å². The molecular formula is C30H32ClF2N5O3. The number of hydrogen-bond acceptors (Lipinski definition) is 5. The number of anilines is 1. The third-order valence-corrected chi connectivity index (χ3v) is 7.34. The molecule has 0 unspecified atom stereocenters. The lowest BCUT2D eigenvalue weighted by Crippen LogP contribution is -2.58. The van der Waals surface area contributed by atoms with Gasteiger partial charge in [0, 0.05) is 42.0 Å². The molecule has 8 nitrogen and oxygen atoms in total. The summed E-state index contributed by atoms with van der Waals surface area (Å²) in [6, 6.07) is 9.79. The number of carbonyl (C=O) groups is 2. The molecule has 0 spiro atoms. The van der Waals surface area contributed by atoms with Gasteiger partial charge >= 0.3 is 0 Å². The van der Waals surface area contributed by atoms with Crippen LogP contribution in [0.5, 0.6) is 0 Å². The predicted octanol–water partition coefficient (Wildman–Crippen LogP) is 5.07. The van der Waals surface area contributed by atoms with E-state index in [4.69, 9.17) is 11.6 Å². The molecule has 2 aromatic heterocycles. The molecule has 11 heteroatoms. The number of rotatable bonds is 9. The summed E-state index contributed by atoms with van der Waals surface area (Å²) in [4.78, 5) is 45.1. The first kappa shape index (κ1) is 28.9. The lowest BCUT2D eigenvalue weighted by molar-refractivity contribution is -0.113. The quantitative estimate of drug-likeness (QED) is 0.367. The highest BCUT2D eigenvalue weighted by molar-refractivity contribution is 6.31. The number of benzene rings is 1. The summed E-state index contributed by atoms with van der Waals surface area (Å²) in [5, 5.41) is 6.39. The second kappa shape index (κ2) is 11.3. The Kier molecular flexibility index (Phi) is 7.98. The molecule has 2 aliphatic rings. The molecule has 216 valence electrons. The van der Waals surface area contributed by atoms with Crippen molar-refractivity contribution < 1.29 is 18.4 Å². The number of halogens is 3. The van der Waals surface area contributed by atoms with Crippen LogP contribution in [0.25, 0.3) is 11.1 Å². The number of carbonyl (C=O) groups excluding carboxylic acids is 2. The van der Waals surface area contributed by atoms with E-state index >= 15 is 0 Å². The largest absolute Gasteiger partial charge is 0.326 e. The third-order valence-electron chi connectivity index (χ3n) is 7.10. The Morgan fingerprint density at radius 3 is 2.51 bits per heavy atom. The molecular weight excluding hydrogens is 552 g/mol. The number of nitrogens with zero attached hydrogens (tertiary/aromatic N) is 3. The topological polar surface area (TPSA) is 96.3 Å². The number of amides is 2. The molecule has 0 bridgehead atoms. The smallest absolute Gasteiger partial charge is 0.282 e. The summed E-state index contributed by atoms with van der Waals surface area (Å²) < 4.78 is 28.4. The minimum Gasteiger partial charge on any atom is -0.326 e. The fraction of sp³-hybridized carbons (Fsp3) is 0.400. The average Bonchev–Trinajstić information content (AvgIpc) is 3.74. The molecule has 3 heterocycles. The lowest BCUT2D eigenvalue weighted by Gasteiger charge is -2.39. The Bertz CT molecular complexity index is 1560. The fourth-order valence-corrected chi connectivity index (χ4v) is 5.03. The van der Waals surface area contributed by atoms with E-state index in [9.17, 15) is 23.2 Å². The Balaban J connectivity index is 1.46. The Hall–Kier alpha value is -3.63. The monoisotopic (exact) mass is 583 g/mol. The minimum atomic E-state index is -2.90. The maximum absolute atomic E-state index is 13.5. The van der Waals surface area contributed by atoms with Crippen molar-refractivity contribution in [2.75, 3.05) is 25.0 Å². The van der Waals surface area contributed by atoms with Gasteiger partial charge in [0.2, 0.25) is 0 Å². The van der Waals surface area contributed by atoms with E-state index in [1.54, 1.807) is 37.5 Å². The maximum atomic E-state index is 13.5. The third kappa shape index (κ3) is 6.65. The number of pyridine rings is 2. The molecule has 1 aromatic carbocycles. The normalized spacial score (nSPS) is 16.0. The minimum absolute atomic E-state index is 0.0161. The highest BCUT2D eigenvalue weighted by Crippen LogP contribution is 2.42. The molecule has 41 heavy (non-hydrogen) atoms. The fourth-order valence-electron chi connectivity index (χ4n) is 4.86. The molecule has 2 N–H and O–H groups in total. The van der Waals surface area contributed by atoms with E-state index in [0.29, 0.717) is 28.6 Å². The second-order valence-electron chi connectivity index (χ2n) is 11.3. The van der Waals surface area contributed by atoms with Crippen LogP contribution in [0, 0.1) is 5.92 Å². The zero-order valence-corrected chi connectivity index (χ0v) is 23.9. The SMILES string of the molecule is CC(C)CNCc1cc(C(=O)Nc2cc(-c3ccc(Cl)cc3C(=O)N3CC(F)(F)C3)cc(C3CC3)n2)c(=O)n(C)c1. The number of aromatic nitrogens is 2. The molecule has 1 aliphatic heterocycles. The van der Waals surface area contributed by atoms with Crippen molar-refractivity contribution in [2.45, 2.75) is 45.1 Å². The van der Waals surface area contributed by atoms with Crippen LogP contribution >= 0.6 is 11.6 Å². The molecule has 2 fully saturated rings. The van der Waals surface area contributed by atoms with Crippen LogP contribution < -0.4 is 16.2 Å². The van der Waals surface area contributed by atoms with Crippen molar-refractivity contribution in [3.05, 3.63) is 80.4 Å². The summed E-state index contributed by atoms with van der Waals surface area (Å²) >= 11 is 6.19. The van der Waals surface area contributed by atoms with Crippen molar-refractivity contribution in [3.63, 3.8) is 0 Å². The number of hydrogen-bond donors (Lipinski definition) is 2. The molecule has 0 atom stereocenters. The van der Waals surface area contributed by atoms with Gasteiger partial charge in [0.05, 0.1) is 13.1 Å². The average molecular weight is 584 g/mol. The Morgan fingerprint density at radius 2 is 1.85 bits per heavy atom. The van der Waals surface area contributed by atoms with Crippen molar-refractivity contribution in [3.8, 4) is 11.1 Å². The molecule has 1 aliphatic carbocycles. The number of nitrogens with one attached hydrogen (secondary N) is 2. The van der Waals surface area contributed by atoms with Crippen molar-refractivity contribution in [1.29, 1.82) is 0 Å². The van der Waals surface area contributed by atoms with Gasteiger partial charge in [-0.15, -0.1) is 0 Å². The Labute approximate surface area is 241 Å². The first-order chi connectivity index (χ1) is 19.4. The summed E-state index contributed by atoms with van der Waals surface area (Å²) in [6.07, 6.45) is 3.57. The zero-order chi connectivity index (χ0) is 29.5. The van der Waals surface area contributed by atoms with Crippen LogP contribution in [0.3, 0.4) is 0 Å². The predicted molar refractivity (Wildman–Crippen MR) is 154 cm³/mol. The number of alkyl halides is 2. The van der Waals surface area contributed by atoms with Gasteiger partial charge in [0.25, 0.3) is 23.3 Å². The van der Waals surface area contributed by atoms with Gasteiger partial charge in [0.15, 0.2) is 0 Å². The van der Waals surface area contributed by atoms with E-state index in [1.165, 1.54) is 10.6 Å². The lowest BCUT2D eigenvalue weighted by atomic mass is 9.96. The number of aryl methyl sites for hydroxylation is 1. The molecule has 5 rings (SSSR count). The second-order valence-corrected chi connectivity index (χ2v) is 11.7. The highest BCUT2D eigenvalue weighted by Gasteiger charge is 2.46. The summed E-state index contributed by atoms with van der Waals surface area (Å²) in [6.45, 7) is 4.18.